The Kier molecular flexibility index (Phi) is 13.1. The number of carbonyl (C=O) groups is 1. The van der Waals surface area contributed by atoms with E-state index in [1.807, 2.05) is 7.05 Å². The van der Waals surface area contributed by atoms with E-state index in [9.17, 15) is 9.18 Å². The number of carbonyl (C=O) groups excluding carboxylic acids is 1. The van der Waals surface area contributed by atoms with Crippen molar-refractivity contribution in [3.63, 3.8) is 0 Å². The molecular weight excluding hydrogens is 255 g/mol. The minimum absolute atomic E-state index is 0.0184. The molecule has 1 unspecified atom stereocenters. The molecule has 7 heteroatoms. The molecular formula is C12H25FN2O4. The molecule has 0 rings (SSSR count). The van der Waals surface area contributed by atoms with Gasteiger partial charge < -0.3 is 24.8 Å². The third-order valence-corrected chi connectivity index (χ3v) is 2.11. The van der Waals surface area contributed by atoms with Crippen LogP contribution in [0, 0.1) is 0 Å². The summed E-state index contributed by atoms with van der Waals surface area (Å²) in [5, 5.41) is 5.35. The van der Waals surface area contributed by atoms with Gasteiger partial charge in [0, 0.05) is 13.5 Å². The summed E-state index contributed by atoms with van der Waals surface area (Å²) >= 11 is 0. The van der Waals surface area contributed by atoms with Crippen molar-refractivity contribution < 1.29 is 23.4 Å². The van der Waals surface area contributed by atoms with Gasteiger partial charge in [0.2, 0.25) is 5.91 Å². The minimum atomic E-state index is -1.19. The van der Waals surface area contributed by atoms with Crippen molar-refractivity contribution in [2.75, 3.05) is 59.8 Å². The van der Waals surface area contributed by atoms with Gasteiger partial charge >= 0.3 is 0 Å². The summed E-state index contributed by atoms with van der Waals surface area (Å²) in [5.74, 6) is -0.246. The lowest BCUT2D eigenvalue weighted by Gasteiger charge is -2.10. The Morgan fingerprint density at radius 2 is 1.68 bits per heavy atom. The van der Waals surface area contributed by atoms with E-state index in [1.54, 1.807) is 0 Å². The van der Waals surface area contributed by atoms with Crippen LogP contribution in [-0.4, -0.2) is 71.9 Å². The molecule has 6 nitrogen and oxygen atoms in total. The lowest BCUT2D eigenvalue weighted by molar-refractivity contribution is -0.119. The lowest BCUT2D eigenvalue weighted by atomic mass is 10.4. The fraction of sp³-hybridized carbons (Fsp3) is 0.917. The van der Waals surface area contributed by atoms with Gasteiger partial charge in [0.25, 0.3) is 0 Å². The van der Waals surface area contributed by atoms with E-state index >= 15 is 0 Å². The fourth-order valence-electron chi connectivity index (χ4n) is 1.14. The molecule has 0 radical (unpaired) electrons. The van der Waals surface area contributed by atoms with Crippen LogP contribution in [0.25, 0.3) is 0 Å². The summed E-state index contributed by atoms with van der Waals surface area (Å²) in [6, 6.07) is 0. The van der Waals surface area contributed by atoms with Gasteiger partial charge in [-0.15, -0.1) is 0 Å². The SMILES string of the molecule is CNCCOCCOCCOCC(F)CNC(C)=O. The highest BCUT2D eigenvalue weighted by molar-refractivity contribution is 5.72. The van der Waals surface area contributed by atoms with Crippen LogP contribution in [0.1, 0.15) is 6.92 Å². The van der Waals surface area contributed by atoms with Gasteiger partial charge in [0.1, 0.15) is 6.17 Å². The monoisotopic (exact) mass is 280 g/mol. The molecule has 0 aromatic carbocycles. The summed E-state index contributed by atoms with van der Waals surface area (Å²) in [6.07, 6.45) is -1.19. The molecule has 19 heavy (non-hydrogen) atoms. The van der Waals surface area contributed by atoms with Gasteiger partial charge in [-0.05, 0) is 7.05 Å². The Labute approximate surface area is 114 Å². The highest BCUT2D eigenvalue weighted by Crippen LogP contribution is 1.91. The molecule has 0 spiro atoms. The maximum atomic E-state index is 13.1. The van der Waals surface area contributed by atoms with E-state index in [0.717, 1.165) is 6.54 Å². The number of nitrogens with one attached hydrogen (secondary N) is 2. The minimum Gasteiger partial charge on any atom is -0.378 e. The number of halogens is 1. The van der Waals surface area contributed by atoms with E-state index < -0.39 is 6.17 Å². The van der Waals surface area contributed by atoms with Crippen molar-refractivity contribution in [2.45, 2.75) is 13.1 Å². The third kappa shape index (κ3) is 15.2. The highest BCUT2D eigenvalue weighted by Gasteiger charge is 2.06. The van der Waals surface area contributed by atoms with Gasteiger partial charge in [0.15, 0.2) is 0 Å². The van der Waals surface area contributed by atoms with Crippen molar-refractivity contribution in [1.82, 2.24) is 10.6 Å². The summed E-state index contributed by atoms with van der Waals surface area (Å²) in [7, 11) is 1.86. The van der Waals surface area contributed by atoms with Crippen molar-refractivity contribution in [3.05, 3.63) is 0 Å². The summed E-state index contributed by atoms with van der Waals surface area (Å²) in [6.45, 7) is 4.53. The molecule has 2 N–H and O–H groups in total. The molecule has 0 saturated heterocycles. The van der Waals surface area contributed by atoms with Gasteiger partial charge in [-0.3, -0.25) is 4.79 Å². The molecule has 0 aromatic heterocycles. The van der Waals surface area contributed by atoms with E-state index in [4.69, 9.17) is 14.2 Å². The predicted octanol–water partition coefficient (Wildman–Crippen LogP) is -0.270. The second-order valence-corrected chi connectivity index (χ2v) is 3.94. The number of likely N-dealkylation sites (N-methyl/N-ethyl adjacent to an activating group) is 1. The first-order valence-corrected chi connectivity index (χ1v) is 6.43. The molecule has 0 aliphatic rings. The quantitative estimate of drug-likeness (QED) is 0.455. The third-order valence-electron chi connectivity index (χ3n) is 2.11. The van der Waals surface area contributed by atoms with Gasteiger partial charge in [-0.25, -0.2) is 4.39 Å². The number of ether oxygens (including phenoxy) is 3. The smallest absolute Gasteiger partial charge is 0.216 e. The van der Waals surface area contributed by atoms with Crippen LogP contribution < -0.4 is 10.6 Å². The van der Waals surface area contributed by atoms with Crippen LogP contribution in [0.2, 0.25) is 0 Å². The summed E-state index contributed by atoms with van der Waals surface area (Å²) < 4.78 is 28.7. The number of alkyl halides is 1. The van der Waals surface area contributed by atoms with Gasteiger partial charge in [0.05, 0.1) is 46.2 Å². The first-order valence-electron chi connectivity index (χ1n) is 6.43. The van der Waals surface area contributed by atoms with Crippen LogP contribution in [0.4, 0.5) is 4.39 Å². The lowest BCUT2D eigenvalue weighted by Crippen LogP contribution is -2.30. The van der Waals surface area contributed by atoms with Gasteiger partial charge in [-0.2, -0.15) is 0 Å². The Hall–Kier alpha value is -0.760. The normalized spacial score (nSPS) is 12.4. The van der Waals surface area contributed by atoms with E-state index in [-0.39, 0.29) is 19.1 Å². The Morgan fingerprint density at radius 3 is 2.26 bits per heavy atom. The van der Waals surface area contributed by atoms with Gasteiger partial charge in [-0.1, -0.05) is 0 Å². The maximum Gasteiger partial charge on any atom is 0.216 e. The Balaban J connectivity index is 3.11. The zero-order chi connectivity index (χ0) is 14.3. The zero-order valence-electron chi connectivity index (χ0n) is 11.7. The van der Waals surface area contributed by atoms with Crippen LogP contribution in [-0.2, 0) is 19.0 Å². The average Bonchev–Trinajstić information content (AvgIpc) is 2.38. The van der Waals surface area contributed by atoms with Crippen LogP contribution in [0.5, 0.6) is 0 Å². The standard InChI is InChI=1S/C12H25FN2O4/c1-11(16)15-9-12(13)10-19-8-7-18-6-5-17-4-3-14-2/h12,14H,3-10H2,1-2H3,(H,15,16). The molecule has 114 valence electrons. The van der Waals surface area contributed by atoms with Crippen LogP contribution in [0.3, 0.4) is 0 Å². The maximum absolute atomic E-state index is 13.1. The first-order chi connectivity index (χ1) is 9.16. The molecule has 1 atom stereocenters. The van der Waals surface area contributed by atoms with E-state index in [1.165, 1.54) is 6.92 Å². The largest absolute Gasteiger partial charge is 0.378 e. The van der Waals surface area contributed by atoms with Crippen molar-refractivity contribution in [2.24, 2.45) is 0 Å². The Morgan fingerprint density at radius 1 is 1.11 bits per heavy atom. The predicted molar refractivity (Wildman–Crippen MR) is 70.0 cm³/mol. The average molecular weight is 280 g/mol. The molecule has 0 saturated carbocycles. The fourth-order valence-corrected chi connectivity index (χ4v) is 1.14. The van der Waals surface area contributed by atoms with Crippen molar-refractivity contribution in [3.8, 4) is 0 Å². The highest BCUT2D eigenvalue weighted by atomic mass is 19.1. The van der Waals surface area contributed by atoms with E-state index in [2.05, 4.69) is 10.6 Å². The number of amides is 1. The molecule has 1 amide bonds. The summed E-state index contributed by atoms with van der Waals surface area (Å²) in [5.41, 5.74) is 0. The zero-order valence-corrected chi connectivity index (χ0v) is 11.7. The molecule has 0 aliphatic carbocycles. The molecule has 0 aliphatic heterocycles. The second kappa shape index (κ2) is 13.7. The number of rotatable bonds is 13. The number of hydrogen-bond acceptors (Lipinski definition) is 5. The van der Waals surface area contributed by atoms with Crippen LogP contribution in [0.15, 0.2) is 0 Å². The second-order valence-electron chi connectivity index (χ2n) is 3.94. The summed E-state index contributed by atoms with van der Waals surface area (Å²) in [4.78, 5) is 10.5. The molecule has 0 heterocycles. The number of hydrogen-bond donors (Lipinski definition) is 2. The molecule has 0 fully saturated rings. The van der Waals surface area contributed by atoms with Crippen molar-refractivity contribution >= 4 is 5.91 Å². The first kappa shape index (κ1) is 18.2. The topological polar surface area (TPSA) is 68.8 Å². The Bertz CT molecular complexity index is 220. The van der Waals surface area contributed by atoms with E-state index in [0.29, 0.717) is 33.0 Å². The molecule has 0 aromatic rings. The van der Waals surface area contributed by atoms with Crippen LogP contribution >= 0.6 is 0 Å². The molecule has 0 bridgehead atoms. The van der Waals surface area contributed by atoms with Crippen molar-refractivity contribution in [1.29, 1.82) is 0 Å².